The standard InChI is InChI=1S/C18H27NO2/c1-3-10-18(17(20)21)11-7-12-19(14-18)13-16-9-6-5-8-15(16)4-2/h5-6,8-9H,3-4,7,10-14H2,1-2H3,(H,20,21). The van der Waals surface area contributed by atoms with Gasteiger partial charge in [0.2, 0.25) is 0 Å². The summed E-state index contributed by atoms with van der Waals surface area (Å²) < 4.78 is 0. The Balaban J connectivity index is 2.12. The molecule has 2 rings (SSSR count). The van der Waals surface area contributed by atoms with Gasteiger partial charge < -0.3 is 5.11 Å². The van der Waals surface area contributed by atoms with E-state index in [1.807, 2.05) is 0 Å². The Kier molecular flexibility index (Phi) is 5.40. The van der Waals surface area contributed by atoms with Crippen LogP contribution in [0.25, 0.3) is 0 Å². The van der Waals surface area contributed by atoms with Crippen molar-refractivity contribution in [2.45, 2.75) is 52.5 Å². The summed E-state index contributed by atoms with van der Waals surface area (Å²) >= 11 is 0. The Morgan fingerprint density at radius 1 is 1.29 bits per heavy atom. The number of carbonyl (C=O) groups is 1. The summed E-state index contributed by atoms with van der Waals surface area (Å²) in [5, 5.41) is 9.68. The van der Waals surface area contributed by atoms with Crippen LogP contribution in [0.2, 0.25) is 0 Å². The van der Waals surface area contributed by atoms with Crippen molar-refractivity contribution in [2.24, 2.45) is 5.41 Å². The number of carboxylic acid groups (broad SMARTS) is 1. The highest BCUT2D eigenvalue weighted by Crippen LogP contribution is 2.35. The zero-order valence-electron chi connectivity index (χ0n) is 13.3. The van der Waals surface area contributed by atoms with Crippen molar-refractivity contribution in [3.05, 3.63) is 35.4 Å². The predicted molar refractivity (Wildman–Crippen MR) is 85.3 cm³/mol. The highest BCUT2D eigenvalue weighted by Gasteiger charge is 2.41. The molecule has 1 N–H and O–H groups in total. The Morgan fingerprint density at radius 2 is 2.00 bits per heavy atom. The van der Waals surface area contributed by atoms with Crippen LogP contribution in [-0.2, 0) is 17.8 Å². The first-order valence-electron chi connectivity index (χ1n) is 8.14. The number of likely N-dealkylation sites (tertiary alicyclic amines) is 1. The molecule has 1 aliphatic rings. The summed E-state index contributed by atoms with van der Waals surface area (Å²) in [5.74, 6) is -0.613. The molecule has 1 atom stereocenters. The lowest BCUT2D eigenvalue weighted by Gasteiger charge is -2.40. The fraction of sp³-hybridized carbons (Fsp3) is 0.611. The third-order valence-corrected chi connectivity index (χ3v) is 4.73. The molecule has 116 valence electrons. The van der Waals surface area contributed by atoms with Gasteiger partial charge in [-0.3, -0.25) is 9.69 Å². The van der Waals surface area contributed by atoms with Gasteiger partial charge in [0.05, 0.1) is 5.41 Å². The molecule has 1 aromatic rings. The molecule has 1 saturated heterocycles. The van der Waals surface area contributed by atoms with Gasteiger partial charge in [-0.15, -0.1) is 0 Å². The minimum atomic E-state index is -0.613. The van der Waals surface area contributed by atoms with E-state index >= 15 is 0 Å². The zero-order valence-corrected chi connectivity index (χ0v) is 13.3. The monoisotopic (exact) mass is 289 g/mol. The lowest BCUT2D eigenvalue weighted by atomic mass is 9.76. The maximum atomic E-state index is 11.8. The van der Waals surface area contributed by atoms with Crippen molar-refractivity contribution >= 4 is 5.97 Å². The summed E-state index contributed by atoms with van der Waals surface area (Å²) in [4.78, 5) is 14.1. The minimum Gasteiger partial charge on any atom is -0.481 e. The van der Waals surface area contributed by atoms with E-state index in [1.54, 1.807) is 0 Å². The Labute approximate surface area is 128 Å². The fourth-order valence-corrected chi connectivity index (χ4v) is 3.62. The Bertz CT molecular complexity index is 482. The molecule has 0 amide bonds. The molecule has 0 aromatic heterocycles. The maximum absolute atomic E-state index is 11.8. The molecule has 0 spiro atoms. The molecular weight excluding hydrogens is 262 g/mol. The Morgan fingerprint density at radius 3 is 2.62 bits per heavy atom. The largest absolute Gasteiger partial charge is 0.481 e. The van der Waals surface area contributed by atoms with E-state index < -0.39 is 11.4 Å². The number of hydrogen-bond acceptors (Lipinski definition) is 2. The highest BCUT2D eigenvalue weighted by atomic mass is 16.4. The third-order valence-electron chi connectivity index (χ3n) is 4.73. The molecule has 3 heteroatoms. The second-order valence-corrected chi connectivity index (χ2v) is 6.27. The summed E-state index contributed by atoms with van der Waals surface area (Å²) in [6, 6.07) is 8.51. The molecular formula is C18H27NO2. The predicted octanol–water partition coefficient (Wildman–Crippen LogP) is 3.72. The van der Waals surface area contributed by atoms with Crippen molar-refractivity contribution in [1.82, 2.24) is 4.90 Å². The quantitative estimate of drug-likeness (QED) is 0.867. The number of nitrogens with zero attached hydrogens (tertiary/aromatic N) is 1. The molecule has 0 bridgehead atoms. The van der Waals surface area contributed by atoms with E-state index in [9.17, 15) is 9.90 Å². The second-order valence-electron chi connectivity index (χ2n) is 6.27. The van der Waals surface area contributed by atoms with Crippen LogP contribution < -0.4 is 0 Å². The minimum absolute atomic E-state index is 0.534. The van der Waals surface area contributed by atoms with Gasteiger partial charge in [0.15, 0.2) is 0 Å². The zero-order chi connectivity index (χ0) is 15.3. The van der Waals surface area contributed by atoms with Gasteiger partial charge in [0, 0.05) is 13.1 Å². The van der Waals surface area contributed by atoms with Crippen molar-refractivity contribution in [3.8, 4) is 0 Å². The lowest BCUT2D eigenvalue weighted by Crippen LogP contribution is -2.47. The van der Waals surface area contributed by atoms with Gasteiger partial charge >= 0.3 is 5.97 Å². The van der Waals surface area contributed by atoms with Crippen LogP contribution >= 0.6 is 0 Å². The summed E-state index contributed by atoms with van der Waals surface area (Å²) in [5.41, 5.74) is 2.19. The van der Waals surface area contributed by atoms with Crippen molar-refractivity contribution in [1.29, 1.82) is 0 Å². The second kappa shape index (κ2) is 7.08. The van der Waals surface area contributed by atoms with Crippen LogP contribution in [-0.4, -0.2) is 29.1 Å². The van der Waals surface area contributed by atoms with E-state index in [2.05, 4.69) is 43.0 Å². The first kappa shape index (κ1) is 16.0. The van der Waals surface area contributed by atoms with Gasteiger partial charge in [-0.25, -0.2) is 0 Å². The normalized spacial score (nSPS) is 23.1. The first-order chi connectivity index (χ1) is 10.1. The molecule has 0 radical (unpaired) electrons. The molecule has 1 aromatic carbocycles. The smallest absolute Gasteiger partial charge is 0.310 e. The molecule has 21 heavy (non-hydrogen) atoms. The van der Waals surface area contributed by atoms with Crippen LogP contribution in [0.4, 0.5) is 0 Å². The van der Waals surface area contributed by atoms with Crippen LogP contribution in [0.5, 0.6) is 0 Å². The number of aliphatic carboxylic acids is 1. The number of piperidine rings is 1. The van der Waals surface area contributed by atoms with E-state index in [-0.39, 0.29) is 0 Å². The van der Waals surface area contributed by atoms with Crippen LogP contribution in [0, 0.1) is 5.41 Å². The number of rotatable bonds is 6. The molecule has 0 saturated carbocycles. The molecule has 1 heterocycles. The average molecular weight is 289 g/mol. The molecule has 1 unspecified atom stereocenters. The van der Waals surface area contributed by atoms with Crippen molar-refractivity contribution in [3.63, 3.8) is 0 Å². The molecule has 0 aliphatic carbocycles. The van der Waals surface area contributed by atoms with E-state index in [1.165, 1.54) is 11.1 Å². The van der Waals surface area contributed by atoms with Crippen molar-refractivity contribution in [2.75, 3.05) is 13.1 Å². The van der Waals surface area contributed by atoms with Gasteiger partial charge in [0.1, 0.15) is 0 Å². The van der Waals surface area contributed by atoms with Gasteiger partial charge in [-0.2, -0.15) is 0 Å². The lowest BCUT2D eigenvalue weighted by molar-refractivity contribution is -0.153. The van der Waals surface area contributed by atoms with E-state index in [4.69, 9.17) is 0 Å². The summed E-state index contributed by atoms with van der Waals surface area (Å²) in [7, 11) is 0. The number of benzene rings is 1. The average Bonchev–Trinajstić information content (AvgIpc) is 2.48. The van der Waals surface area contributed by atoms with E-state index in [0.717, 1.165) is 45.2 Å². The number of carboxylic acids is 1. The summed E-state index contributed by atoms with van der Waals surface area (Å²) in [6.45, 7) is 6.83. The Hall–Kier alpha value is -1.35. The van der Waals surface area contributed by atoms with E-state index in [0.29, 0.717) is 6.54 Å². The SMILES string of the molecule is CCCC1(C(=O)O)CCCN(Cc2ccccc2CC)C1. The van der Waals surface area contributed by atoms with Crippen molar-refractivity contribution < 1.29 is 9.90 Å². The van der Waals surface area contributed by atoms with Gasteiger partial charge in [0.25, 0.3) is 0 Å². The van der Waals surface area contributed by atoms with Gasteiger partial charge in [-0.05, 0) is 43.4 Å². The third kappa shape index (κ3) is 3.65. The number of aryl methyl sites for hydroxylation is 1. The van der Waals surface area contributed by atoms with Crippen LogP contribution in [0.3, 0.4) is 0 Å². The molecule has 1 aliphatic heterocycles. The number of hydrogen-bond donors (Lipinski definition) is 1. The topological polar surface area (TPSA) is 40.5 Å². The maximum Gasteiger partial charge on any atom is 0.310 e. The highest BCUT2D eigenvalue weighted by molar-refractivity contribution is 5.75. The fourth-order valence-electron chi connectivity index (χ4n) is 3.62. The van der Waals surface area contributed by atoms with Gasteiger partial charge in [-0.1, -0.05) is 44.5 Å². The molecule has 3 nitrogen and oxygen atoms in total. The van der Waals surface area contributed by atoms with Crippen LogP contribution in [0.15, 0.2) is 24.3 Å². The first-order valence-corrected chi connectivity index (χ1v) is 8.14. The summed E-state index contributed by atoms with van der Waals surface area (Å²) in [6.07, 6.45) is 4.56. The molecule has 1 fully saturated rings. The van der Waals surface area contributed by atoms with Crippen LogP contribution in [0.1, 0.15) is 50.7 Å².